The lowest BCUT2D eigenvalue weighted by Gasteiger charge is -2.09. The number of aromatic hydroxyl groups is 2. The van der Waals surface area contributed by atoms with Crippen LogP contribution < -0.4 is 5.73 Å². The van der Waals surface area contributed by atoms with Gasteiger partial charge in [0, 0.05) is 0 Å². The second-order valence-corrected chi connectivity index (χ2v) is 3.54. The van der Waals surface area contributed by atoms with E-state index < -0.39 is 17.8 Å². The van der Waals surface area contributed by atoms with Gasteiger partial charge >= 0.3 is 5.97 Å². The molecule has 1 atom stereocenters. The van der Waals surface area contributed by atoms with Crippen molar-refractivity contribution in [1.82, 2.24) is 0 Å². The Hall–Kier alpha value is -1.27. The predicted octanol–water partition coefficient (Wildman–Crippen LogP) is 0.945. The number of phenols is 2. The minimum absolute atomic E-state index is 0.198. The topological polar surface area (TPSA) is 104 Å². The maximum absolute atomic E-state index is 10.5. The van der Waals surface area contributed by atoms with Crippen molar-refractivity contribution in [1.29, 1.82) is 0 Å². The highest BCUT2D eigenvalue weighted by Crippen LogP contribution is 2.35. The van der Waals surface area contributed by atoms with Crippen LogP contribution in [0.5, 0.6) is 11.5 Å². The summed E-state index contributed by atoms with van der Waals surface area (Å²) >= 11 is 2.96. The van der Waals surface area contributed by atoms with Gasteiger partial charge in [-0.1, -0.05) is 0 Å². The first-order chi connectivity index (χ1) is 6.43. The van der Waals surface area contributed by atoms with Crippen molar-refractivity contribution >= 4 is 21.9 Å². The molecule has 0 aliphatic carbocycles. The van der Waals surface area contributed by atoms with E-state index in [1.165, 1.54) is 6.07 Å². The second-order valence-electron chi connectivity index (χ2n) is 2.69. The van der Waals surface area contributed by atoms with Gasteiger partial charge < -0.3 is 21.1 Å². The van der Waals surface area contributed by atoms with Gasteiger partial charge in [0.05, 0.1) is 4.47 Å². The van der Waals surface area contributed by atoms with Crippen molar-refractivity contribution in [2.75, 3.05) is 0 Å². The number of aliphatic carboxylic acids is 1. The maximum Gasteiger partial charge on any atom is 0.325 e. The first kappa shape index (κ1) is 10.8. The lowest BCUT2D eigenvalue weighted by Crippen LogP contribution is -2.20. The van der Waals surface area contributed by atoms with Crippen molar-refractivity contribution < 1.29 is 20.1 Å². The number of phenolic OH excluding ortho intramolecular Hbond substituents is 2. The smallest absolute Gasteiger partial charge is 0.325 e. The average Bonchev–Trinajstić information content (AvgIpc) is 2.12. The fraction of sp³-hybridized carbons (Fsp3) is 0.125. The molecule has 76 valence electrons. The maximum atomic E-state index is 10.5. The normalized spacial score (nSPS) is 12.4. The van der Waals surface area contributed by atoms with Gasteiger partial charge in [0.1, 0.15) is 6.04 Å². The van der Waals surface area contributed by atoms with E-state index in [0.717, 1.165) is 6.07 Å². The molecule has 14 heavy (non-hydrogen) atoms. The van der Waals surface area contributed by atoms with E-state index in [2.05, 4.69) is 15.9 Å². The molecule has 5 N–H and O–H groups in total. The fourth-order valence-corrected chi connectivity index (χ4v) is 1.39. The van der Waals surface area contributed by atoms with Crippen molar-refractivity contribution in [2.24, 2.45) is 5.73 Å². The molecule has 0 saturated heterocycles. The van der Waals surface area contributed by atoms with Crippen LogP contribution in [-0.2, 0) is 4.79 Å². The van der Waals surface area contributed by atoms with Crippen molar-refractivity contribution in [3.05, 3.63) is 22.2 Å². The van der Waals surface area contributed by atoms with E-state index in [-0.39, 0.29) is 15.8 Å². The van der Waals surface area contributed by atoms with Crippen LogP contribution in [0.25, 0.3) is 0 Å². The van der Waals surface area contributed by atoms with Crippen LogP contribution in [0.3, 0.4) is 0 Å². The van der Waals surface area contributed by atoms with Crippen LogP contribution in [0.4, 0.5) is 0 Å². The molecule has 0 aliphatic rings. The molecule has 0 heterocycles. The molecule has 0 aliphatic heterocycles. The largest absolute Gasteiger partial charge is 0.504 e. The summed E-state index contributed by atoms with van der Waals surface area (Å²) in [6, 6.07) is 1.23. The number of nitrogens with two attached hydrogens (primary N) is 1. The van der Waals surface area contributed by atoms with Crippen LogP contribution >= 0.6 is 15.9 Å². The Labute approximate surface area is 87.9 Å². The molecular weight excluding hydrogens is 254 g/mol. The zero-order valence-corrected chi connectivity index (χ0v) is 8.52. The zero-order chi connectivity index (χ0) is 10.9. The summed E-state index contributed by atoms with van der Waals surface area (Å²) < 4.78 is 0.198. The van der Waals surface area contributed by atoms with Gasteiger partial charge in [0.2, 0.25) is 0 Å². The van der Waals surface area contributed by atoms with Crippen LogP contribution in [0.1, 0.15) is 11.6 Å². The number of halogens is 1. The van der Waals surface area contributed by atoms with Crippen LogP contribution in [0.2, 0.25) is 0 Å². The van der Waals surface area contributed by atoms with E-state index in [0.29, 0.717) is 0 Å². The van der Waals surface area contributed by atoms with E-state index in [1.807, 2.05) is 0 Å². The fourth-order valence-electron chi connectivity index (χ4n) is 0.927. The predicted molar refractivity (Wildman–Crippen MR) is 52.0 cm³/mol. The molecule has 1 unspecified atom stereocenters. The molecule has 0 bridgehead atoms. The molecule has 6 heteroatoms. The van der Waals surface area contributed by atoms with Gasteiger partial charge in [-0.3, -0.25) is 4.79 Å². The number of carbonyl (C=O) groups is 1. The average molecular weight is 262 g/mol. The highest BCUT2D eigenvalue weighted by atomic mass is 79.9. The Morgan fingerprint density at radius 2 is 2.00 bits per heavy atom. The molecule has 5 nitrogen and oxygen atoms in total. The quantitative estimate of drug-likeness (QED) is 0.594. The number of carboxylic acid groups (broad SMARTS) is 1. The van der Waals surface area contributed by atoms with Gasteiger partial charge in [-0.2, -0.15) is 0 Å². The summed E-state index contributed by atoms with van der Waals surface area (Å²) in [4.78, 5) is 10.5. The molecule has 0 amide bonds. The number of hydrogen-bond donors (Lipinski definition) is 4. The first-order valence-electron chi connectivity index (χ1n) is 3.63. The third-order valence-electron chi connectivity index (χ3n) is 1.69. The second kappa shape index (κ2) is 3.85. The summed E-state index contributed by atoms with van der Waals surface area (Å²) in [6.45, 7) is 0. The van der Waals surface area contributed by atoms with Gasteiger partial charge in [0.25, 0.3) is 0 Å². The molecule has 0 aromatic heterocycles. The SMILES string of the molecule is NC(C(=O)O)c1cc(O)c(O)c(Br)c1. The lowest BCUT2D eigenvalue weighted by molar-refractivity contribution is -0.138. The summed E-state index contributed by atoms with van der Waals surface area (Å²) in [5.74, 6) is -1.96. The third-order valence-corrected chi connectivity index (χ3v) is 2.30. The highest BCUT2D eigenvalue weighted by molar-refractivity contribution is 9.10. The van der Waals surface area contributed by atoms with E-state index in [1.54, 1.807) is 0 Å². The number of carboxylic acids is 1. The van der Waals surface area contributed by atoms with Gasteiger partial charge in [0.15, 0.2) is 11.5 Å². The summed E-state index contributed by atoms with van der Waals surface area (Å²) in [5.41, 5.74) is 5.52. The number of rotatable bonds is 2. The minimum atomic E-state index is -1.22. The van der Waals surface area contributed by atoms with E-state index >= 15 is 0 Å². The molecule has 0 fully saturated rings. The Morgan fingerprint density at radius 3 is 2.43 bits per heavy atom. The molecule has 1 rings (SSSR count). The molecule has 0 spiro atoms. The molecule has 1 aromatic rings. The molecule has 0 radical (unpaired) electrons. The summed E-state index contributed by atoms with van der Waals surface area (Å²) in [7, 11) is 0. The van der Waals surface area contributed by atoms with Crippen molar-refractivity contribution in [3.63, 3.8) is 0 Å². The minimum Gasteiger partial charge on any atom is -0.504 e. The van der Waals surface area contributed by atoms with Crippen molar-refractivity contribution in [2.45, 2.75) is 6.04 Å². The Bertz CT molecular complexity index is 357. The summed E-state index contributed by atoms with van der Waals surface area (Å²) in [5, 5.41) is 27.0. The Balaban J connectivity index is 3.19. The Morgan fingerprint density at radius 1 is 1.43 bits per heavy atom. The van der Waals surface area contributed by atoms with E-state index in [9.17, 15) is 9.90 Å². The van der Waals surface area contributed by atoms with E-state index in [4.69, 9.17) is 15.9 Å². The van der Waals surface area contributed by atoms with Crippen molar-refractivity contribution in [3.8, 4) is 11.5 Å². The third kappa shape index (κ3) is 1.97. The number of benzene rings is 1. The van der Waals surface area contributed by atoms with Crippen LogP contribution in [0.15, 0.2) is 16.6 Å². The summed E-state index contributed by atoms with van der Waals surface area (Å²) in [6.07, 6.45) is 0. The van der Waals surface area contributed by atoms with Gasteiger partial charge in [-0.25, -0.2) is 0 Å². The van der Waals surface area contributed by atoms with Gasteiger partial charge in [-0.05, 0) is 33.6 Å². The molecule has 1 aromatic carbocycles. The first-order valence-corrected chi connectivity index (χ1v) is 4.42. The standard InChI is InChI=1S/C8H8BrNO4/c9-4-1-3(6(10)8(13)14)2-5(11)7(4)12/h1-2,6,11-12H,10H2,(H,13,14). The van der Waals surface area contributed by atoms with Crippen LogP contribution in [0, 0.1) is 0 Å². The Kier molecular flexibility index (Phi) is 2.97. The number of hydrogen-bond acceptors (Lipinski definition) is 4. The lowest BCUT2D eigenvalue weighted by atomic mass is 10.1. The monoisotopic (exact) mass is 261 g/mol. The molecular formula is C8H8BrNO4. The highest BCUT2D eigenvalue weighted by Gasteiger charge is 2.17. The zero-order valence-electron chi connectivity index (χ0n) is 6.94. The van der Waals surface area contributed by atoms with Gasteiger partial charge in [-0.15, -0.1) is 0 Å². The van der Waals surface area contributed by atoms with Crippen LogP contribution in [-0.4, -0.2) is 21.3 Å². The molecule has 0 saturated carbocycles.